The molecule has 1 N–H and O–H groups in total. The van der Waals surface area contributed by atoms with Gasteiger partial charge < -0.3 is 0 Å². The molecule has 82 valence electrons. The highest BCUT2D eigenvalue weighted by molar-refractivity contribution is 7.92. The number of nitro groups is 1. The summed E-state index contributed by atoms with van der Waals surface area (Å²) in [6.45, 7) is 1.60. The molecule has 0 amide bonds. The highest BCUT2D eigenvalue weighted by Crippen LogP contribution is 2.21. The third-order valence-corrected chi connectivity index (χ3v) is 2.31. The molecule has 0 aliphatic rings. The standard InChI is InChI=1S/C8H10N2O4S/c1-6-5-7(10(11)12)3-4-8(6)9-15(2,13)14/h3-5,9H,1-2H3. The molecular formula is C8H10N2O4S. The highest BCUT2D eigenvalue weighted by Gasteiger charge is 2.10. The molecule has 7 heteroatoms. The number of non-ortho nitro benzene ring substituents is 1. The Morgan fingerprint density at radius 2 is 2.00 bits per heavy atom. The van der Waals surface area contributed by atoms with Crippen LogP contribution in [0.2, 0.25) is 0 Å². The van der Waals surface area contributed by atoms with E-state index in [9.17, 15) is 18.5 Å². The molecule has 0 saturated heterocycles. The number of aryl methyl sites for hydroxylation is 1. The largest absolute Gasteiger partial charge is 0.284 e. The molecule has 0 aromatic heterocycles. The molecule has 0 fully saturated rings. The van der Waals surface area contributed by atoms with Crippen molar-refractivity contribution in [1.29, 1.82) is 0 Å². The van der Waals surface area contributed by atoms with E-state index in [1.807, 2.05) is 0 Å². The van der Waals surface area contributed by atoms with E-state index in [-0.39, 0.29) is 5.69 Å². The van der Waals surface area contributed by atoms with Gasteiger partial charge >= 0.3 is 0 Å². The van der Waals surface area contributed by atoms with Crippen LogP contribution in [0.1, 0.15) is 5.56 Å². The van der Waals surface area contributed by atoms with Crippen LogP contribution in [0.4, 0.5) is 11.4 Å². The maximum Gasteiger partial charge on any atom is 0.269 e. The second-order valence-corrected chi connectivity index (χ2v) is 4.88. The Kier molecular flexibility index (Phi) is 2.94. The maximum absolute atomic E-state index is 10.9. The van der Waals surface area contributed by atoms with E-state index in [1.165, 1.54) is 18.2 Å². The molecule has 6 nitrogen and oxygen atoms in total. The summed E-state index contributed by atoms with van der Waals surface area (Å²) >= 11 is 0. The van der Waals surface area contributed by atoms with Gasteiger partial charge in [0.1, 0.15) is 0 Å². The van der Waals surface area contributed by atoms with Gasteiger partial charge in [0.05, 0.1) is 16.9 Å². The number of nitrogens with one attached hydrogen (secondary N) is 1. The van der Waals surface area contributed by atoms with Crippen molar-refractivity contribution >= 4 is 21.4 Å². The number of nitro benzene ring substituents is 1. The first-order valence-electron chi connectivity index (χ1n) is 4.02. The molecule has 1 rings (SSSR count). The number of rotatable bonds is 3. The fourth-order valence-electron chi connectivity index (χ4n) is 1.08. The number of hydrogen-bond donors (Lipinski definition) is 1. The molecule has 0 saturated carbocycles. The Morgan fingerprint density at radius 3 is 2.40 bits per heavy atom. The van der Waals surface area contributed by atoms with Gasteiger partial charge in [0.15, 0.2) is 0 Å². The van der Waals surface area contributed by atoms with Crippen LogP contribution in [0.15, 0.2) is 18.2 Å². The van der Waals surface area contributed by atoms with Gasteiger partial charge in [0, 0.05) is 12.1 Å². The van der Waals surface area contributed by atoms with Crippen molar-refractivity contribution in [3.8, 4) is 0 Å². The Balaban J connectivity index is 3.09. The van der Waals surface area contributed by atoms with Gasteiger partial charge in [-0.25, -0.2) is 8.42 Å². The van der Waals surface area contributed by atoms with Crippen molar-refractivity contribution in [2.24, 2.45) is 0 Å². The van der Waals surface area contributed by atoms with Gasteiger partial charge in [-0.2, -0.15) is 0 Å². The zero-order valence-corrected chi connectivity index (χ0v) is 9.04. The van der Waals surface area contributed by atoms with Crippen LogP contribution in [0.25, 0.3) is 0 Å². The second-order valence-electron chi connectivity index (χ2n) is 3.13. The van der Waals surface area contributed by atoms with Gasteiger partial charge in [0.25, 0.3) is 5.69 Å². The average molecular weight is 230 g/mol. The van der Waals surface area contributed by atoms with Crippen LogP contribution in [0.3, 0.4) is 0 Å². The van der Waals surface area contributed by atoms with Crippen LogP contribution in [0.5, 0.6) is 0 Å². The van der Waals surface area contributed by atoms with Gasteiger partial charge in [-0.05, 0) is 18.6 Å². The molecule has 0 spiro atoms. The van der Waals surface area contributed by atoms with Crippen molar-refractivity contribution in [3.05, 3.63) is 33.9 Å². The predicted octanol–water partition coefficient (Wildman–Crippen LogP) is 1.27. The first-order chi connectivity index (χ1) is 6.79. The average Bonchev–Trinajstić information content (AvgIpc) is 2.05. The van der Waals surface area contributed by atoms with E-state index >= 15 is 0 Å². The quantitative estimate of drug-likeness (QED) is 0.625. The Morgan fingerprint density at radius 1 is 1.40 bits per heavy atom. The van der Waals surface area contributed by atoms with E-state index in [0.717, 1.165) is 6.26 Å². The smallest absolute Gasteiger partial charge is 0.269 e. The SMILES string of the molecule is Cc1cc([N+](=O)[O-])ccc1NS(C)(=O)=O. The molecule has 0 radical (unpaired) electrons. The van der Waals surface area contributed by atoms with Crippen LogP contribution in [-0.4, -0.2) is 19.6 Å². The second kappa shape index (κ2) is 3.85. The van der Waals surface area contributed by atoms with Crippen LogP contribution < -0.4 is 4.72 Å². The van der Waals surface area contributed by atoms with Crippen LogP contribution in [-0.2, 0) is 10.0 Å². The Hall–Kier alpha value is -1.63. The molecule has 0 heterocycles. The lowest BCUT2D eigenvalue weighted by Gasteiger charge is -2.06. The lowest BCUT2D eigenvalue weighted by atomic mass is 10.2. The first kappa shape index (κ1) is 11.4. The highest BCUT2D eigenvalue weighted by atomic mass is 32.2. The molecule has 1 aromatic carbocycles. The maximum atomic E-state index is 10.9. The Labute approximate surface area is 87.1 Å². The van der Waals surface area contributed by atoms with E-state index in [2.05, 4.69) is 4.72 Å². The minimum Gasteiger partial charge on any atom is -0.284 e. The fraction of sp³-hybridized carbons (Fsp3) is 0.250. The first-order valence-corrected chi connectivity index (χ1v) is 5.91. The number of nitrogens with zero attached hydrogens (tertiary/aromatic N) is 1. The normalized spacial score (nSPS) is 11.1. The molecule has 0 aliphatic carbocycles. The zero-order chi connectivity index (χ0) is 11.6. The minimum atomic E-state index is -3.35. The topological polar surface area (TPSA) is 89.3 Å². The summed E-state index contributed by atoms with van der Waals surface area (Å²) < 4.78 is 24.1. The van der Waals surface area contributed by atoms with E-state index in [4.69, 9.17) is 0 Å². The fourth-order valence-corrected chi connectivity index (χ4v) is 1.70. The van der Waals surface area contributed by atoms with E-state index < -0.39 is 14.9 Å². The number of sulfonamides is 1. The van der Waals surface area contributed by atoms with Gasteiger partial charge in [-0.3, -0.25) is 14.8 Å². The molecule has 0 unspecified atom stereocenters. The van der Waals surface area contributed by atoms with Crippen LogP contribution in [0, 0.1) is 17.0 Å². The lowest BCUT2D eigenvalue weighted by molar-refractivity contribution is -0.384. The van der Waals surface area contributed by atoms with Gasteiger partial charge in [-0.1, -0.05) is 0 Å². The van der Waals surface area contributed by atoms with Crippen LogP contribution >= 0.6 is 0 Å². The summed E-state index contributed by atoms with van der Waals surface area (Å²) in [6.07, 6.45) is 1.02. The third kappa shape index (κ3) is 3.21. The molecule has 0 atom stereocenters. The number of hydrogen-bond acceptors (Lipinski definition) is 4. The monoisotopic (exact) mass is 230 g/mol. The minimum absolute atomic E-state index is 0.0634. The summed E-state index contributed by atoms with van der Waals surface area (Å²) in [6, 6.07) is 3.93. The summed E-state index contributed by atoms with van der Waals surface area (Å²) in [4.78, 5) is 9.89. The zero-order valence-electron chi connectivity index (χ0n) is 8.22. The predicted molar refractivity (Wildman–Crippen MR) is 56.3 cm³/mol. The number of benzene rings is 1. The summed E-state index contributed by atoms with van der Waals surface area (Å²) in [5.74, 6) is 0. The molecule has 0 bridgehead atoms. The number of anilines is 1. The van der Waals surface area contributed by atoms with E-state index in [0.29, 0.717) is 11.3 Å². The van der Waals surface area contributed by atoms with Gasteiger partial charge in [-0.15, -0.1) is 0 Å². The summed E-state index contributed by atoms with van der Waals surface area (Å²) in [5.41, 5.74) is 0.796. The molecule has 1 aromatic rings. The van der Waals surface area contributed by atoms with Gasteiger partial charge in [0.2, 0.25) is 10.0 Å². The Bertz CT molecular complexity index is 495. The molecule has 15 heavy (non-hydrogen) atoms. The van der Waals surface area contributed by atoms with Crippen molar-refractivity contribution in [1.82, 2.24) is 0 Å². The van der Waals surface area contributed by atoms with Crippen molar-refractivity contribution in [2.45, 2.75) is 6.92 Å². The lowest BCUT2D eigenvalue weighted by Crippen LogP contribution is -2.10. The van der Waals surface area contributed by atoms with E-state index in [1.54, 1.807) is 6.92 Å². The van der Waals surface area contributed by atoms with Crippen molar-refractivity contribution in [3.63, 3.8) is 0 Å². The summed E-state index contributed by atoms with van der Waals surface area (Å²) in [7, 11) is -3.35. The third-order valence-electron chi connectivity index (χ3n) is 1.72. The molecule has 0 aliphatic heterocycles. The van der Waals surface area contributed by atoms with Crippen molar-refractivity contribution in [2.75, 3.05) is 11.0 Å². The van der Waals surface area contributed by atoms with Crippen molar-refractivity contribution < 1.29 is 13.3 Å². The summed E-state index contributed by atoms with van der Waals surface area (Å²) in [5, 5.41) is 10.4. The molecular weight excluding hydrogens is 220 g/mol.